The van der Waals surface area contributed by atoms with Crippen molar-refractivity contribution in [2.24, 2.45) is 0 Å². The van der Waals surface area contributed by atoms with Gasteiger partial charge < -0.3 is 15.5 Å². The zero-order chi connectivity index (χ0) is 18.2. The third-order valence-electron chi connectivity index (χ3n) is 4.83. The zero-order valence-corrected chi connectivity index (χ0v) is 14.2. The maximum absolute atomic E-state index is 12.4. The van der Waals surface area contributed by atoms with Crippen LogP contribution in [0, 0.1) is 0 Å². The van der Waals surface area contributed by atoms with E-state index in [0.29, 0.717) is 17.7 Å². The molecule has 1 atom stereocenters. The van der Waals surface area contributed by atoms with Crippen LogP contribution in [0.4, 0.5) is 5.69 Å². The molecular weight excluding hydrogens is 318 g/mol. The molecule has 0 bridgehead atoms. The number of hydrogen-bond donors (Lipinski definition) is 3. The first-order chi connectivity index (χ1) is 11.8. The summed E-state index contributed by atoms with van der Waals surface area (Å²) in [4.78, 5) is 23.2. The predicted octanol–water partition coefficient (Wildman–Crippen LogP) is 3.74. The maximum Gasteiger partial charge on any atom is 0.335 e. The van der Waals surface area contributed by atoms with Crippen LogP contribution in [0.5, 0.6) is 0 Å². The smallest absolute Gasteiger partial charge is 0.335 e. The van der Waals surface area contributed by atoms with Crippen LogP contribution in [-0.2, 0) is 5.41 Å². The Morgan fingerprint density at radius 1 is 1.08 bits per heavy atom. The Labute approximate surface area is 146 Å². The van der Waals surface area contributed by atoms with E-state index in [2.05, 4.69) is 19.2 Å². The number of benzene rings is 2. The minimum atomic E-state index is -1.03. The van der Waals surface area contributed by atoms with E-state index in [0.717, 1.165) is 17.5 Å². The second kappa shape index (κ2) is 6.33. The van der Waals surface area contributed by atoms with Gasteiger partial charge in [0.15, 0.2) is 0 Å². The molecule has 5 nitrogen and oxygen atoms in total. The highest BCUT2D eigenvalue weighted by molar-refractivity contribution is 6.04. The van der Waals surface area contributed by atoms with Gasteiger partial charge in [0, 0.05) is 11.3 Å². The Morgan fingerprint density at radius 3 is 2.36 bits per heavy atom. The molecule has 0 saturated carbocycles. The summed E-state index contributed by atoms with van der Waals surface area (Å²) < 4.78 is 0. The van der Waals surface area contributed by atoms with Crippen molar-refractivity contribution in [3.8, 4) is 0 Å². The number of anilines is 1. The van der Waals surface area contributed by atoms with Crippen LogP contribution in [-0.4, -0.2) is 22.1 Å². The number of hydrogen-bond acceptors (Lipinski definition) is 3. The molecule has 25 heavy (non-hydrogen) atoms. The molecule has 5 heteroatoms. The van der Waals surface area contributed by atoms with E-state index >= 15 is 0 Å². The maximum atomic E-state index is 12.4. The highest BCUT2D eigenvalue weighted by atomic mass is 16.4. The molecule has 0 aliphatic heterocycles. The molecule has 0 aromatic heterocycles. The first-order valence-corrected chi connectivity index (χ1v) is 8.25. The molecule has 130 valence electrons. The van der Waals surface area contributed by atoms with Crippen LogP contribution in [0.3, 0.4) is 0 Å². The van der Waals surface area contributed by atoms with Crippen LogP contribution in [0.1, 0.15) is 64.6 Å². The molecule has 3 rings (SSSR count). The number of amides is 1. The van der Waals surface area contributed by atoms with Crippen LogP contribution >= 0.6 is 0 Å². The minimum Gasteiger partial charge on any atom is -0.478 e. The molecule has 1 amide bonds. The van der Waals surface area contributed by atoms with Crippen molar-refractivity contribution >= 4 is 17.6 Å². The van der Waals surface area contributed by atoms with E-state index in [1.54, 1.807) is 0 Å². The van der Waals surface area contributed by atoms with Gasteiger partial charge >= 0.3 is 5.97 Å². The molecule has 0 spiro atoms. The summed E-state index contributed by atoms with van der Waals surface area (Å²) in [6.45, 7) is 4.31. The third-order valence-corrected chi connectivity index (χ3v) is 4.83. The fourth-order valence-corrected chi connectivity index (χ4v) is 3.29. The Bertz CT molecular complexity index is 824. The van der Waals surface area contributed by atoms with Gasteiger partial charge in [-0.3, -0.25) is 4.79 Å². The summed E-state index contributed by atoms with van der Waals surface area (Å²) in [5.74, 6) is -1.35. The molecule has 0 fully saturated rings. The molecule has 3 N–H and O–H groups in total. The van der Waals surface area contributed by atoms with E-state index in [9.17, 15) is 14.7 Å². The number of fused-ring (bicyclic) bond motifs is 1. The van der Waals surface area contributed by atoms with Crippen molar-refractivity contribution < 1.29 is 19.8 Å². The summed E-state index contributed by atoms with van der Waals surface area (Å²) in [6.07, 6.45) is 1.10. The summed E-state index contributed by atoms with van der Waals surface area (Å²) in [6, 6.07) is 11.4. The molecule has 0 radical (unpaired) electrons. The monoisotopic (exact) mass is 339 g/mol. The van der Waals surface area contributed by atoms with Crippen LogP contribution < -0.4 is 5.32 Å². The zero-order valence-electron chi connectivity index (χ0n) is 14.2. The van der Waals surface area contributed by atoms with Crippen molar-refractivity contribution in [2.75, 3.05) is 5.32 Å². The Balaban J connectivity index is 1.82. The number of carbonyl (C=O) groups excluding carboxylic acids is 1. The summed E-state index contributed by atoms with van der Waals surface area (Å²) in [5, 5.41) is 22.0. The van der Waals surface area contributed by atoms with E-state index in [1.165, 1.54) is 24.3 Å². The number of rotatable bonds is 3. The van der Waals surface area contributed by atoms with Gasteiger partial charge in [-0.25, -0.2) is 4.79 Å². The van der Waals surface area contributed by atoms with Crippen molar-refractivity contribution in [3.05, 3.63) is 64.7 Å². The largest absolute Gasteiger partial charge is 0.478 e. The second-order valence-corrected chi connectivity index (χ2v) is 7.08. The van der Waals surface area contributed by atoms with E-state index < -0.39 is 12.1 Å². The number of carbonyl (C=O) groups is 2. The standard InChI is InChI=1S/C20H21NO4/c1-20(2)10-9-17(22)15-11-14(7-8-16(15)20)21-18(23)12-3-5-13(6-4-12)19(24)25/h3-8,11,17,22H,9-10H2,1-2H3,(H,21,23)(H,24,25). The fourth-order valence-electron chi connectivity index (χ4n) is 3.29. The summed E-state index contributed by atoms with van der Waals surface area (Å²) >= 11 is 0. The Morgan fingerprint density at radius 2 is 1.72 bits per heavy atom. The van der Waals surface area contributed by atoms with E-state index in [1.807, 2.05) is 18.2 Å². The van der Waals surface area contributed by atoms with Gasteiger partial charge in [-0.2, -0.15) is 0 Å². The van der Waals surface area contributed by atoms with Gasteiger partial charge in [0.1, 0.15) is 0 Å². The molecule has 1 aliphatic carbocycles. The van der Waals surface area contributed by atoms with Crippen molar-refractivity contribution in [3.63, 3.8) is 0 Å². The normalized spacial score (nSPS) is 18.3. The van der Waals surface area contributed by atoms with Gasteiger partial charge in [0.25, 0.3) is 5.91 Å². The lowest BCUT2D eigenvalue weighted by Crippen LogP contribution is -2.26. The average Bonchev–Trinajstić information content (AvgIpc) is 2.58. The number of aromatic carboxylic acids is 1. The van der Waals surface area contributed by atoms with Crippen molar-refractivity contribution in [2.45, 2.75) is 38.2 Å². The van der Waals surface area contributed by atoms with E-state index in [-0.39, 0.29) is 16.9 Å². The summed E-state index contributed by atoms with van der Waals surface area (Å²) in [5.41, 5.74) is 3.09. The fraction of sp³-hybridized carbons (Fsp3) is 0.300. The lowest BCUT2D eigenvalue weighted by Gasteiger charge is -2.35. The topological polar surface area (TPSA) is 86.6 Å². The first-order valence-electron chi connectivity index (χ1n) is 8.25. The van der Waals surface area contributed by atoms with Crippen molar-refractivity contribution in [1.29, 1.82) is 0 Å². The SMILES string of the molecule is CC1(C)CCC(O)c2cc(NC(=O)c3ccc(C(=O)O)cc3)ccc21. The lowest BCUT2D eigenvalue weighted by atomic mass is 9.71. The highest BCUT2D eigenvalue weighted by Crippen LogP contribution is 2.42. The van der Waals surface area contributed by atoms with Gasteiger partial charge in [-0.05, 0) is 65.8 Å². The van der Waals surface area contributed by atoms with Crippen LogP contribution in [0.2, 0.25) is 0 Å². The highest BCUT2D eigenvalue weighted by Gasteiger charge is 2.31. The van der Waals surface area contributed by atoms with Gasteiger partial charge in [-0.1, -0.05) is 19.9 Å². The number of aliphatic hydroxyl groups is 1. The molecular formula is C20H21NO4. The first kappa shape index (κ1) is 17.2. The number of carboxylic acid groups (broad SMARTS) is 1. The Kier molecular flexibility index (Phi) is 4.35. The quantitative estimate of drug-likeness (QED) is 0.795. The molecule has 1 aliphatic rings. The van der Waals surface area contributed by atoms with Gasteiger partial charge in [0.05, 0.1) is 11.7 Å². The predicted molar refractivity (Wildman–Crippen MR) is 95.0 cm³/mol. The minimum absolute atomic E-state index is 0.00374. The molecule has 1 unspecified atom stereocenters. The number of nitrogens with one attached hydrogen (secondary N) is 1. The van der Waals surface area contributed by atoms with Gasteiger partial charge in [0.2, 0.25) is 0 Å². The average molecular weight is 339 g/mol. The van der Waals surface area contributed by atoms with Crippen molar-refractivity contribution in [1.82, 2.24) is 0 Å². The molecule has 0 saturated heterocycles. The van der Waals surface area contributed by atoms with Crippen LogP contribution in [0.15, 0.2) is 42.5 Å². The van der Waals surface area contributed by atoms with Crippen LogP contribution in [0.25, 0.3) is 0 Å². The summed E-state index contributed by atoms with van der Waals surface area (Å²) in [7, 11) is 0. The molecule has 2 aromatic carbocycles. The Hall–Kier alpha value is -2.66. The lowest BCUT2D eigenvalue weighted by molar-refractivity contribution is 0.0696. The third kappa shape index (κ3) is 3.42. The van der Waals surface area contributed by atoms with E-state index in [4.69, 9.17) is 5.11 Å². The number of carboxylic acids is 1. The molecule has 0 heterocycles. The second-order valence-electron chi connectivity index (χ2n) is 7.08. The molecule has 2 aromatic rings. The number of aliphatic hydroxyl groups excluding tert-OH is 1. The van der Waals surface area contributed by atoms with Gasteiger partial charge in [-0.15, -0.1) is 0 Å².